The van der Waals surface area contributed by atoms with Crippen molar-refractivity contribution in [2.45, 2.75) is 60.0 Å². The van der Waals surface area contributed by atoms with E-state index in [0.29, 0.717) is 6.04 Å². The van der Waals surface area contributed by atoms with Crippen molar-refractivity contribution in [2.75, 3.05) is 19.6 Å². The molecular weight excluding hydrogens is 256 g/mol. The van der Waals surface area contributed by atoms with E-state index in [1.54, 1.807) is 0 Å². The normalized spacial score (nSPS) is 13.1. The summed E-state index contributed by atoms with van der Waals surface area (Å²) in [7, 11) is 0. The van der Waals surface area contributed by atoms with Crippen LogP contribution in [-0.4, -0.2) is 30.6 Å². The fraction of sp³-hybridized carbons (Fsp3) is 0.684. The van der Waals surface area contributed by atoms with Crippen LogP contribution >= 0.6 is 0 Å². The summed E-state index contributed by atoms with van der Waals surface area (Å²) >= 11 is 0. The Morgan fingerprint density at radius 3 is 2.29 bits per heavy atom. The van der Waals surface area contributed by atoms with Gasteiger partial charge in [-0.25, -0.2) is 0 Å². The van der Waals surface area contributed by atoms with Crippen LogP contribution in [0.3, 0.4) is 0 Å². The number of hydrogen-bond donors (Lipinski definition) is 1. The fourth-order valence-electron chi connectivity index (χ4n) is 2.57. The van der Waals surface area contributed by atoms with E-state index in [1.807, 2.05) is 0 Å². The second kappa shape index (κ2) is 9.97. The third-order valence-corrected chi connectivity index (χ3v) is 4.17. The van der Waals surface area contributed by atoms with Crippen LogP contribution < -0.4 is 5.32 Å². The molecule has 2 heteroatoms. The van der Waals surface area contributed by atoms with Gasteiger partial charge in [-0.1, -0.05) is 65.3 Å². The fourth-order valence-corrected chi connectivity index (χ4v) is 2.57. The molecule has 1 aromatic carbocycles. The molecule has 1 aromatic rings. The van der Waals surface area contributed by atoms with Gasteiger partial charge in [0.1, 0.15) is 0 Å². The molecule has 0 aliphatic heterocycles. The Labute approximate surface area is 131 Å². The molecule has 0 spiro atoms. The van der Waals surface area contributed by atoms with E-state index in [2.05, 4.69) is 69.1 Å². The number of nitrogens with zero attached hydrogens (tertiary/aromatic N) is 1. The van der Waals surface area contributed by atoms with E-state index < -0.39 is 0 Å². The Morgan fingerprint density at radius 1 is 1.05 bits per heavy atom. The molecule has 0 aliphatic rings. The Balaban J connectivity index is 2.63. The van der Waals surface area contributed by atoms with Crippen LogP contribution in [0.5, 0.6) is 0 Å². The van der Waals surface area contributed by atoms with Crippen molar-refractivity contribution in [1.82, 2.24) is 10.2 Å². The van der Waals surface area contributed by atoms with Gasteiger partial charge < -0.3 is 5.32 Å². The average molecular weight is 290 g/mol. The Bertz CT molecular complexity index is 387. The predicted octanol–water partition coefficient (Wildman–Crippen LogP) is 4.10. The predicted molar refractivity (Wildman–Crippen MR) is 93.7 cm³/mol. The monoisotopic (exact) mass is 290 g/mol. The largest absolute Gasteiger partial charge is 0.314 e. The molecule has 0 heterocycles. The highest BCUT2D eigenvalue weighted by Crippen LogP contribution is 2.14. The Morgan fingerprint density at radius 2 is 1.71 bits per heavy atom. The summed E-state index contributed by atoms with van der Waals surface area (Å²) in [5.41, 5.74) is 2.99. The lowest BCUT2D eigenvalue weighted by molar-refractivity contribution is 0.237. The maximum atomic E-state index is 3.52. The minimum absolute atomic E-state index is 0.565. The molecule has 2 nitrogen and oxygen atoms in total. The summed E-state index contributed by atoms with van der Waals surface area (Å²) in [6.45, 7) is 15.8. The van der Waals surface area contributed by atoms with Crippen molar-refractivity contribution in [3.8, 4) is 0 Å². The summed E-state index contributed by atoms with van der Waals surface area (Å²) in [4.78, 5) is 2.57. The number of benzene rings is 1. The van der Waals surface area contributed by atoms with Gasteiger partial charge in [-0.15, -0.1) is 0 Å². The second-order valence-electron chi connectivity index (χ2n) is 6.47. The van der Waals surface area contributed by atoms with Gasteiger partial charge in [-0.05, 0) is 36.6 Å². The van der Waals surface area contributed by atoms with Crippen molar-refractivity contribution < 1.29 is 0 Å². The molecule has 0 saturated carbocycles. The number of nitrogens with one attached hydrogen (secondary N) is 1. The molecule has 1 unspecified atom stereocenters. The molecule has 0 radical (unpaired) electrons. The van der Waals surface area contributed by atoms with Crippen LogP contribution in [0.2, 0.25) is 0 Å². The maximum absolute atomic E-state index is 3.52. The second-order valence-corrected chi connectivity index (χ2v) is 6.47. The van der Waals surface area contributed by atoms with Crippen molar-refractivity contribution >= 4 is 0 Å². The Hall–Kier alpha value is -0.860. The molecule has 1 atom stereocenters. The van der Waals surface area contributed by atoms with E-state index in [1.165, 1.54) is 24.1 Å². The topological polar surface area (TPSA) is 15.3 Å². The molecule has 0 fully saturated rings. The minimum Gasteiger partial charge on any atom is -0.314 e. The van der Waals surface area contributed by atoms with E-state index >= 15 is 0 Å². The standard InChI is InChI=1S/C19H34N2/c1-6-17(5)14-21(7-2)15-19-11-9-8-10-18(19)12-13-20-16(3)4/h8-11,16-17,20H,6-7,12-15H2,1-5H3. The summed E-state index contributed by atoms with van der Waals surface area (Å²) in [5, 5.41) is 3.52. The van der Waals surface area contributed by atoms with Crippen molar-refractivity contribution in [3.63, 3.8) is 0 Å². The SMILES string of the molecule is CCC(C)CN(CC)Cc1ccccc1CCNC(C)C. The highest BCUT2D eigenvalue weighted by molar-refractivity contribution is 5.27. The van der Waals surface area contributed by atoms with Crippen molar-refractivity contribution in [3.05, 3.63) is 35.4 Å². The Kier molecular flexibility index (Phi) is 8.63. The first-order valence-electron chi connectivity index (χ1n) is 8.59. The highest BCUT2D eigenvalue weighted by Gasteiger charge is 2.10. The third kappa shape index (κ3) is 7.10. The molecule has 0 bridgehead atoms. The summed E-state index contributed by atoms with van der Waals surface area (Å²) < 4.78 is 0. The van der Waals surface area contributed by atoms with Crippen LogP contribution in [0.25, 0.3) is 0 Å². The molecular formula is C19H34N2. The smallest absolute Gasteiger partial charge is 0.0236 e. The first-order chi connectivity index (χ1) is 10.1. The van der Waals surface area contributed by atoms with Gasteiger partial charge in [0, 0.05) is 19.1 Å². The molecule has 0 amide bonds. The van der Waals surface area contributed by atoms with Gasteiger partial charge in [0.05, 0.1) is 0 Å². The molecule has 1 rings (SSSR count). The number of hydrogen-bond acceptors (Lipinski definition) is 2. The lowest BCUT2D eigenvalue weighted by Crippen LogP contribution is -2.29. The molecule has 1 N–H and O–H groups in total. The maximum Gasteiger partial charge on any atom is 0.0236 e. The zero-order valence-electron chi connectivity index (χ0n) is 14.7. The molecule has 0 aliphatic carbocycles. The number of rotatable bonds is 10. The lowest BCUT2D eigenvalue weighted by atomic mass is 10.0. The van der Waals surface area contributed by atoms with Crippen LogP contribution in [0, 0.1) is 5.92 Å². The van der Waals surface area contributed by atoms with Crippen LogP contribution in [0.1, 0.15) is 52.2 Å². The average Bonchev–Trinajstić information content (AvgIpc) is 2.47. The van der Waals surface area contributed by atoms with Gasteiger partial charge in [0.25, 0.3) is 0 Å². The van der Waals surface area contributed by atoms with Crippen LogP contribution in [0.4, 0.5) is 0 Å². The van der Waals surface area contributed by atoms with Crippen LogP contribution in [-0.2, 0) is 13.0 Å². The zero-order chi connectivity index (χ0) is 15.7. The van der Waals surface area contributed by atoms with Crippen molar-refractivity contribution in [1.29, 1.82) is 0 Å². The van der Waals surface area contributed by atoms with E-state index in [4.69, 9.17) is 0 Å². The van der Waals surface area contributed by atoms with Gasteiger partial charge in [-0.2, -0.15) is 0 Å². The summed E-state index contributed by atoms with van der Waals surface area (Å²) in [6.07, 6.45) is 2.38. The molecule has 21 heavy (non-hydrogen) atoms. The van der Waals surface area contributed by atoms with Gasteiger partial charge in [-0.3, -0.25) is 4.90 Å². The van der Waals surface area contributed by atoms with Gasteiger partial charge in [0.15, 0.2) is 0 Å². The highest BCUT2D eigenvalue weighted by atomic mass is 15.1. The van der Waals surface area contributed by atoms with E-state index in [-0.39, 0.29) is 0 Å². The molecule has 0 aromatic heterocycles. The van der Waals surface area contributed by atoms with E-state index in [0.717, 1.165) is 32.0 Å². The van der Waals surface area contributed by atoms with Crippen molar-refractivity contribution in [2.24, 2.45) is 5.92 Å². The molecule has 0 saturated heterocycles. The van der Waals surface area contributed by atoms with Gasteiger partial charge in [0.2, 0.25) is 0 Å². The first-order valence-corrected chi connectivity index (χ1v) is 8.59. The first kappa shape index (κ1) is 18.2. The quantitative estimate of drug-likeness (QED) is 0.698. The zero-order valence-corrected chi connectivity index (χ0v) is 14.7. The minimum atomic E-state index is 0.565. The van der Waals surface area contributed by atoms with E-state index in [9.17, 15) is 0 Å². The summed E-state index contributed by atoms with van der Waals surface area (Å²) in [6, 6.07) is 9.48. The molecule has 120 valence electrons. The summed E-state index contributed by atoms with van der Waals surface area (Å²) in [5.74, 6) is 0.778. The van der Waals surface area contributed by atoms with Gasteiger partial charge >= 0.3 is 0 Å². The third-order valence-electron chi connectivity index (χ3n) is 4.17. The lowest BCUT2D eigenvalue weighted by Gasteiger charge is -2.25. The van der Waals surface area contributed by atoms with Crippen LogP contribution in [0.15, 0.2) is 24.3 Å².